The first kappa shape index (κ1) is 15.9. The van der Waals surface area contributed by atoms with Crippen molar-refractivity contribution in [3.8, 4) is 0 Å². The van der Waals surface area contributed by atoms with Crippen LogP contribution in [0.3, 0.4) is 0 Å². The Hall–Kier alpha value is -1.45. The molecule has 0 spiro atoms. The van der Waals surface area contributed by atoms with E-state index in [1.165, 1.54) is 5.56 Å². The number of anilines is 1. The van der Waals surface area contributed by atoms with Crippen LogP contribution in [0, 0.1) is 0 Å². The summed E-state index contributed by atoms with van der Waals surface area (Å²) < 4.78 is 1.59. The number of amides is 1. The average Bonchev–Trinajstić information content (AvgIpc) is 2.73. The summed E-state index contributed by atoms with van der Waals surface area (Å²) in [6.45, 7) is 4.25. The molecule has 0 unspecified atom stereocenters. The summed E-state index contributed by atoms with van der Waals surface area (Å²) in [5.74, 6) is 0.264. The molecule has 0 aliphatic heterocycles. The second-order valence-electron chi connectivity index (χ2n) is 5.34. The fourth-order valence-electron chi connectivity index (χ4n) is 2.13. The van der Waals surface area contributed by atoms with Crippen molar-refractivity contribution in [2.24, 2.45) is 7.05 Å². The summed E-state index contributed by atoms with van der Waals surface area (Å²) in [5, 5.41) is 0.746. The molecule has 1 aromatic carbocycles. The Labute approximate surface area is 135 Å². The molecule has 1 amide bonds. The smallest absolute Gasteiger partial charge is 0.274 e. The lowest BCUT2D eigenvalue weighted by Gasteiger charge is -2.19. The normalized spacial score (nSPS) is 11.0. The number of carbonyl (C=O) groups excluding carboxylic acids is 1. The highest BCUT2D eigenvalue weighted by Gasteiger charge is 2.20. The molecule has 112 valence electrons. The van der Waals surface area contributed by atoms with Gasteiger partial charge in [0.1, 0.15) is 10.8 Å². The van der Waals surface area contributed by atoms with Gasteiger partial charge in [-0.05, 0) is 29.7 Å². The van der Waals surface area contributed by atoms with Crippen molar-refractivity contribution in [1.29, 1.82) is 0 Å². The number of carbonyl (C=O) groups is 1. The third kappa shape index (κ3) is 3.09. The molecule has 2 aromatic rings. The Bertz CT molecular complexity index is 677. The molecule has 0 saturated carbocycles. The molecular weight excluding hydrogens is 307 g/mol. The van der Waals surface area contributed by atoms with Crippen molar-refractivity contribution in [1.82, 2.24) is 4.57 Å². The van der Waals surface area contributed by atoms with Gasteiger partial charge in [-0.3, -0.25) is 4.79 Å². The third-order valence-electron chi connectivity index (χ3n) is 3.56. The van der Waals surface area contributed by atoms with Crippen LogP contribution >= 0.6 is 23.2 Å². The van der Waals surface area contributed by atoms with Crippen LogP contribution in [0.5, 0.6) is 0 Å². The molecule has 0 fully saturated rings. The number of hydrogen-bond donors (Lipinski definition) is 0. The van der Waals surface area contributed by atoms with E-state index in [0.717, 1.165) is 5.69 Å². The summed E-state index contributed by atoms with van der Waals surface area (Å²) >= 11 is 12.0. The van der Waals surface area contributed by atoms with Crippen LogP contribution in [0.25, 0.3) is 0 Å². The molecule has 1 heterocycles. The molecule has 1 aromatic heterocycles. The van der Waals surface area contributed by atoms with E-state index in [9.17, 15) is 4.79 Å². The van der Waals surface area contributed by atoms with Gasteiger partial charge in [-0.2, -0.15) is 0 Å². The minimum atomic E-state index is -0.146. The zero-order valence-electron chi connectivity index (χ0n) is 12.5. The largest absolute Gasteiger partial charge is 0.329 e. The lowest BCUT2D eigenvalue weighted by Crippen LogP contribution is -2.28. The second-order valence-corrected chi connectivity index (χ2v) is 6.11. The van der Waals surface area contributed by atoms with Gasteiger partial charge >= 0.3 is 0 Å². The van der Waals surface area contributed by atoms with Crippen molar-refractivity contribution in [3.05, 3.63) is 51.8 Å². The summed E-state index contributed by atoms with van der Waals surface area (Å²) in [5.41, 5.74) is 2.50. The zero-order valence-corrected chi connectivity index (χ0v) is 14.0. The van der Waals surface area contributed by atoms with Crippen LogP contribution in [-0.4, -0.2) is 17.5 Å². The highest BCUT2D eigenvalue weighted by atomic mass is 35.5. The third-order valence-corrected chi connectivity index (χ3v) is 4.41. The van der Waals surface area contributed by atoms with Gasteiger partial charge in [-0.1, -0.05) is 49.2 Å². The molecule has 5 heteroatoms. The molecule has 2 rings (SSSR count). The standard InChI is InChI=1S/C16H18Cl2N2O/c1-10(2)11-6-5-7-12(8-11)19(3)16(21)14-9-13(17)15(18)20(14)4/h5-10H,1-4H3. The Morgan fingerprint density at radius 3 is 2.43 bits per heavy atom. The summed E-state index contributed by atoms with van der Waals surface area (Å²) in [4.78, 5) is 14.2. The van der Waals surface area contributed by atoms with Crippen LogP contribution in [0.4, 0.5) is 5.69 Å². The predicted molar refractivity (Wildman–Crippen MR) is 88.7 cm³/mol. The van der Waals surface area contributed by atoms with Gasteiger partial charge in [-0.25, -0.2) is 0 Å². The van der Waals surface area contributed by atoms with E-state index in [4.69, 9.17) is 23.2 Å². The number of rotatable bonds is 3. The summed E-state index contributed by atoms with van der Waals surface area (Å²) in [6, 6.07) is 9.54. The summed E-state index contributed by atoms with van der Waals surface area (Å²) in [7, 11) is 3.47. The van der Waals surface area contributed by atoms with Crippen molar-refractivity contribution < 1.29 is 4.79 Å². The number of nitrogens with zero attached hydrogens (tertiary/aromatic N) is 2. The molecule has 0 aliphatic rings. The molecule has 0 saturated heterocycles. The van der Waals surface area contributed by atoms with E-state index in [0.29, 0.717) is 21.8 Å². The molecule has 0 atom stereocenters. The maximum atomic E-state index is 12.6. The topological polar surface area (TPSA) is 25.2 Å². The van der Waals surface area contributed by atoms with Gasteiger partial charge in [0.15, 0.2) is 0 Å². The zero-order chi connectivity index (χ0) is 15.7. The fourth-order valence-corrected chi connectivity index (χ4v) is 2.50. The SMILES string of the molecule is CC(C)c1cccc(N(C)C(=O)c2cc(Cl)c(Cl)n2C)c1. The minimum absolute atomic E-state index is 0.146. The molecule has 0 bridgehead atoms. The van der Waals surface area contributed by atoms with Crippen LogP contribution in [0.1, 0.15) is 35.8 Å². The van der Waals surface area contributed by atoms with Crippen LogP contribution < -0.4 is 4.90 Å². The highest BCUT2D eigenvalue weighted by molar-refractivity contribution is 6.42. The molecule has 0 N–H and O–H groups in total. The van der Waals surface area contributed by atoms with Crippen molar-refractivity contribution >= 4 is 34.8 Å². The Morgan fingerprint density at radius 2 is 1.90 bits per heavy atom. The maximum Gasteiger partial charge on any atom is 0.274 e. The van der Waals surface area contributed by atoms with Crippen molar-refractivity contribution in [2.45, 2.75) is 19.8 Å². The van der Waals surface area contributed by atoms with E-state index in [1.54, 1.807) is 29.6 Å². The first-order valence-electron chi connectivity index (χ1n) is 6.71. The van der Waals surface area contributed by atoms with Crippen LogP contribution in [0.15, 0.2) is 30.3 Å². The number of halogens is 2. The Morgan fingerprint density at radius 1 is 1.24 bits per heavy atom. The molecule has 21 heavy (non-hydrogen) atoms. The minimum Gasteiger partial charge on any atom is -0.329 e. The number of benzene rings is 1. The average molecular weight is 325 g/mol. The second kappa shape index (κ2) is 6.12. The van der Waals surface area contributed by atoms with Gasteiger partial charge in [0, 0.05) is 19.8 Å². The van der Waals surface area contributed by atoms with Crippen LogP contribution in [0.2, 0.25) is 10.2 Å². The van der Waals surface area contributed by atoms with Crippen molar-refractivity contribution in [3.63, 3.8) is 0 Å². The molecule has 3 nitrogen and oxygen atoms in total. The van der Waals surface area contributed by atoms with E-state index in [-0.39, 0.29) is 5.91 Å². The van der Waals surface area contributed by atoms with Gasteiger partial charge in [-0.15, -0.1) is 0 Å². The highest BCUT2D eigenvalue weighted by Crippen LogP contribution is 2.27. The van der Waals surface area contributed by atoms with E-state index >= 15 is 0 Å². The van der Waals surface area contributed by atoms with Gasteiger partial charge < -0.3 is 9.47 Å². The first-order valence-corrected chi connectivity index (χ1v) is 7.47. The van der Waals surface area contributed by atoms with E-state index in [1.807, 2.05) is 18.2 Å². The lowest BCUT2D eigenvalue weighted by molar-refractivity contribution is 0.0985. The fraction of sp³-hybridized carbons (Fsp3) is 0.312. The molecular formula is C16H18Cl2N2O. The van der Waals surface area contributed by atoms with E-state index < -0.39 is 0 Å². The molecule has 0 radical (unpaired) electrons. The van der Waals surface area contributed by atoms with E-state index in [2.05, 4.69) is 19.9 Å². The first-order chi connectivity index (χ1) is 9.82. The van der Waals surface area contributed by atoms with Crippen LogP contribution in [-0.2, 0) is 7.05 Å². The molecule has 0 aliphatic carbocycles. The maximum absolute atomic E-state index is 12.6. The number of hydrogen-bond acceptors (Lipinski definition) is 1. The Balaban J connectivity index is 2.35. The lowest BCUT2D eigenvalue weighted by atomic mass is 10.0. The van der Waals surface area contributed by atoms with Crippen molar-refractivity contribution in [2.75, 3.05) is 11.9 Å². The summed E-state index contributed by atoms with van der Waals surface area (Å²) in [6.07, 6.45) is 0. The quantitative estimate of drug-likeness (QED) is 0.801. The van der Waals surface area contributed by atoms with Gasteiger partial charge in [0.2, 0.25) is 0 Å². The Kier molecular flexibility index (Phi) is 4.64. The predicted octanol–water partition coefficient (Wildman–Crippen LogP) is 4.73. The van der Waals surface area contributed by atoms with Gasteiger partial charge in [0.25, 0.3) is 5.91 Å². The van der Waals surface area contributed by atoms with Gasteiger partial charge in [0.05, 0.1) is 5.02 Å². The number of aromatic nitrogens is 1. The monoisotopic (exact) mass is 324 g/mol.